The second-order valence-corrected chi connectivity index (χ2v) is 5.66. The summed E-state index contributed by atoms with van der Waals surface area (Å²) in [6.45, 7) is 1.85. The van der Waals surface area contributed by atoms with Gasteiger partial charge < -0.3 is 15.5 Å². The normalized spacial score (nSPS) is 13.0. The lowest BCUT2D eigenvalue weighted by Crippen LogP contribution is -3.14. The van der Waals surface area contributed by atoms with Crippen LogP contribution in [0, 0.1) is 5.82 Å². The number of carbonyl (C=O) groups is 2. The number of rotatable bonds is 6. The number of halogens is 1. The monoisotopic (exact) mass is 330 g/mol. The Hall–Kier alpha value is -2.73. The molecule has 24 heavy (non-hydrogen) atoms. The number of nitrogens with one attached hydrogen (secondary N) is 3. The van der Waals surface area contributed by atoms with Crippen LogP contribution < -0.4 is 15.5 Å². The number of para-hydroxylation sites is 1. The molecule has 0 saturated carbocycles. The van der Waals surface area contributed by atoms with E-state index >= 15 is 0 Å². The highest BCUT2D eigenvalue weighted by Crippen LogP contribution is 2.08. The molecule has 0 fully saturated rings. The maximum atomic E-state index is 13.1. The summed E-state index contributed by atoms with van der Waals surface area (Å²) in [5, 5.41) is 5.44. The lowest BCUT2D eigenvalue weighted by molar-refractivity contribution is -0.885. The van der Waals surface area contributed by atoms with Gasteiger partial charge in [-0.2, -0.15) is 0 Å². The fourth-order valence-electron chi connectivity index (χ4n) is 2.17. The first kappa shape index (κ1) is 17.6. The lowest BCUT2D eigenvalue weighted by Gasteiger charge is -2.20. The molecule has 2 aromatic carbocycles. The van der Waals surface area contributed by atoms with E-state index in [1.807, 2.05) is 18.2 Å². The quantitative estimate of drug-likeness (QED) is 0.748. The number of hydrogen-bond donors (Lipinski definition) is 3. The lowest BCUT2D eigenvalue weighted by atomic mass is 10.2. The largest absolute Gasteiger partial charge is 0.321 e. The van der Waals surface area contributed by atoms with Gasteiger partial charge in [-0.3, -0.25) is 9.59 Å². The predicted octanol–water partition coefficient (Wildman–Crippen LogP) is 1.31. The van der Waals surface area contributed by atoms with Crippen molar-refractivity contribution in [2.45, 2.75) is 13.0 Å². The molecule has 6 heteroatoms. The fourth-order valence-corrected chi connectivity index (χ4v) is 2.17. The molecule has 0 aliphatic carbocycles. The summed E-state index contributed by atoms with van der Waals surface area (Å²) in [5.41, 5.74) is 1.11. The molecule has 0 saturated heterocycles. The molecule has 1 unspecified atom stereocenters. The summed E-state index contributed by atoms with van der Waals surface area (Å²) in [4.78, 5) is 25.0. The van der Waals surface area contributed by atoms with E-state index in [-0.39, 0.29) is 18.4 Å². The van der Waals surface area contributed by atoms with Crippen molar-refractivity contribution >= 4 is 23.2 Å². The molecule has 2 atom stereocenters. The molecule has 2 rings (SSSR count). The zero-order valence-corrected chi connectivity index (χ0v) is 13.7. The second-order valence-electron chi connectivity index (χ2n) is 5.66. The minimum atomic E-state index is -0.413. The Balaban J connectivity index is 1.87. The first-order valence-electron chi connectivity index (χ1n) is 7.69. The average Bonchev–Trinajstić information content (AvgIpc) is 2.54. The number of benzene rings is 2. The van der Waals surface area contributed by atoms with Crippen LogP contribution in [-0.4, -0.2) is 31.4 Å². The maximum absolute atomic E-state index is 13.1. The minimum Gasteiger partial charge on any atom is -0.321 e. The highest BCUT2D eigenvalue weighted by molar-refractivity contribution is 5.94. The molecule has 0 heterocycles. The summed E-state index contributed by atoms with van der Waals surface area (Å²) < 4.78 is 13.1. The van der Waals surface area contributed by atoms with Crippen LogP contribution in [0.15, 0.2) is 54.6 Å². The Bertz CT molecular complexity index is 706. The number of amides is 2. The van der Waals surface area contributed by atoms with Crippen molar-refractivity contribution in [3.8, 4) is 0 Å². The van der Waals surface area contributed by atoms with E-state index in [2.05, 4.69) is 10.6 Å². The van der Waals surface area contributed by atoms with Gasteiger partial charge in [-0.1, -0.05) is 24.3 Å². The van der Waals surface area contributed by atoms with Gasteiger partial charge in [0.05, 0.1) is 7.05 Å². The van der Waals surface area contributed by atoms with Crippen molar-refractivity contribution < 1.29 is 18.9 Å². The van der Waals surface area contributed by atoms with Crippen molar-refractivity contribution in [1.29, 1.82) is 0 Å². The van der Waals surface area contributed by atoms with Crippen LogP contribution in [0.1, 0.15) is 6.92 Å². The minimum absolute atomic E-state index is 0.0971. The van der Waals surface area contributed by atoms with Gasteiger partial charge >= 0.3 is 0 Å². The molecule has 0 aromatic heterocycles. The van der Waals surface area contributed by atoms with E-state index in [1.54, 1.807) is 32.2 Å². The molecule has 0 aliphatic rings. The van der Waals surface area contributed by atoms with Crippen LogP contribution in [-0.2, 0) is 9.59 Å². The number of carbonyl (C=O) groups excluding carboxylic acids is 2. The van der Waals surface area contributed by atoms with Crippen LogP contribution in [0.4, 0.5) is 15.8 Å². The average molecular weight is 330 g/mol. The molecule has 0 aliphatic heterocycles. The molecule has 5 nitrogen and oxygen atoms in total. The van der Waals surface area contributed by atoms with E-state index < -0.39 is 11.9 Å². The van der Waals surface area contributed by atoms with Gasteiger partial charge in [-0.15, -0.1) is 0 Å². The van der Waals surface area contributed by atoms with Gasteiger partial charge in [-0.05, 0) is 37.3 Å². The Morgan fingerprint density at radius 3 is 2.38 bits per heavy atom. The molecular weight excluding hydrogens is 309 g/mol. The summed E-state index contributed by atoms with van der Waals surface area (Å²) in [6.07, 6.45) is 0. The number of hydrogen-bond acceptors (Lipinski definition) is 2. The molecule has 126 valence electrons. The SMILES string of the molecule is C[C@H](C(=O)Nc1ccccc1)[NH+](C)CC(=O)Nc1cccc(F)c1. The van der Waals surface area contributed by atoms with Gasteiger partial charge in [0.25, 0.3) is 11.8 Å². The third-order valence-electron chi connectivity index (χ3n) is 3.72. The van der Waals surface area contributed by atoms with Gasteiger partial charge in [-0.25, -0.2) is 4.39 Å². The summed E-state index contributed by atoms with van der Waals surface area (Å²) in [7, 11) is 1.76. The van der Waals surface area contributed by atoms with Crippen LogP contribution >= 0.6 is 0 Å². The molecule has 0 bridgehead atoms. The second kappa shape index (κ2) is 8.21. The summed E-state index contributed by atoms with van der Waals surface area (Å²) in [6, 6.07) is 14.4. The molecule has 2 amide bonds. The van der Waals surface area contributed by atoms with E-state index in [0.717, 1.165) is 4.90 Å². The van der Waals surface area contributed by atoms with Crippen LogP contribution in [0.25, 0.3) is 0 Å². The predicted molar refractivity (Wildman–Crippen MR) is 91.3 cm³/mol. The fraction of sp³-hybridized carbons (Fsp3) is 0.222. The molecule has 0 radical (unpaired) electrons. The van der Waals surface area contributed by atoms with Gasteiger partial charge in [0.1, 0.15) is 5.82 Å². The Kier molecular flexibility index (Phi) is 6.03. The molecule has 0 spiro atoms. The van der Waals surface area contributed by atoms with Gasteiger partial charge in [0.15, 0.2) is 12.6 Å². The third-order valence-corrected chi connectivity index (χ3v) is 3.72. The van der Waals surface area contributed by atoms with Crippen molar-refractivity contribution in [3.05, 3.63) is 60.4 Å². The van der Waals surface area contributed by atoms with Crippen molar-refractivity contribution in [2.24, 2.45) is 0 Å². The highest BCUT2D eigenvalue weighted by Gasteiger charge is 2.24. The Morgan fingerprint density at radius 1 is 1.04 bits per heavy atom. The number of likely N-dealkylation sites (N-methyl/N-ethyl adjacent to an activating group) is 1. The van der Waals surface area contributed by atoms with Crippen LogP contribution in [0.5, 0.6) is 0 Å². The number of quaternary nitrogens is 1. The zero-order chi connectivity index (χ0) is 17.5. The smallest absolute Gasteiger partial charge is 0.282 e. The molecule has 3 N–H and O–H groups in total. The summed E-state index contributed by atoms with van der Waals surface area (Å²) in [5.74, 6) is -0.862. The third kappa shape index (κ3) is 5.17. The molecule has 2 aromatic rings. The van der Waals surface area contributed by atoms with Crippen LogP contribution in [0.2, 0.25) is 0 Å². The van der Waals surface area contributed by atoms with Crippen molar-refractivity contribution in [2.75, 3.05) is 24.2 Å². The van der Waals surface area contributed by atoms with Crippen LogP contribution in [0.3, 0.4) is 0 Å². The topological polar surface area (TPSA) is 62.6 Å². The first-order valence-corrected chi connectivity index (χ1v) is 7.69. The number of anilines is 2. The zero-order valence-electron chi connectivity index (χ0n) is 13.7. The Labute approximate surface area is 140 Å². The van der Waals surface area contributed by atoms with E-state index in [1.165, 1.54) is 18.2 Å². The van der Waals surface area contributed by atoms with Gasteiger partial charge in [0, 0.05) is 11.4 Å². The highest BCUT2D eigenvalue weighted by atomic mass is 19.1. The van der Waals surface area contributed by atoms with E-state index in [0.29, 0.717) is 11.4 Å². The van der Waals surface area contributed by atoms with Crippen molar-refractivity contribution in [3.63, 3.8) is 0 Å². The maximum Gasteiger partial charge on any atom is 0.282 e. The Morgan fingerprint density at radius 2 is 1.71 bits per heavy atom. The molecular formula is C18H21FN3O2+. The van der Waals surface area contributed by atoms with Crippen molar-refractivity contribution in [1.82, 2.24) is 0 Å². The summed E-state index contributed by atoms with van der Waals surface area (Å²) >= 11 is 0. The first-order chi connectivity index (χ1) is 11.5. The van der Waals surface area contributed by atoms with E-state index in [4.69, 9.17) is 0 Å². The standard InChI is InChI=1S/C18H20FN3O2/c1-13(18(24)21-15-8-4-3-5-9-15)22(2)12-17(23)20-16-10-6-7-14(19)11-16/h3-11,13H,12H2,1-2H3,(H,20,23)(H,21,24)/p+1/t13-/m1/s1. The van der Waals surface area contributed by atoms with E-state index in [9.17, 15) is 14.0 Å². The van der Waals surface area contributed by atoms with Gasteiger partial charge in [0.2, 0.25) is 0 Å².